The maximum Gasteiger partial charge on any atom is 0.243 e. The van der Waals surface area contributed by atoms with E-state index >= 15 is 0 Å². The minimum absolute atomic E-state index is 0.0635. The van der Waals surface area contributed by atoms with Crippen molar-refractivity contribution in [1.82, 2.24) is 13.9 Å². The summed E-state index contributed by atoms with van der Waals surface area (Å²) >= 11 is 0. The molecule has 2 fully saturated rings. The first-order valence-electron chi connectivity index (χ1n) is 9.08. The molecule has 0 atom stereocenters. The van der Waals surface area contributed by atoms with Crippen LogP contribution in [0.5, 0.6) is 0 Å². The molecule has 7 nitrogen and oxygen atoms in total. The van der Waals surface area contributed by atoms with Gasteiger partial charge in [-0.2, -0.15) is 4.31 Å². The fourth-order valence-corrected chi connectivity index (χ4v) is 7.59. The van der Waals surface area contributed by atoms with Gasteiger partial charge < -0.3 is 4.90 Å². The van der Waals surface area contributed by atoms with Crippen LogP contribution in [-0.2, 0) is 26.5 Å². The molecule has 2 heterocycles. The van der Waals surface area contributed by atoms with E-state index in [-0.39, 0.29) is 15.3 Å². The van der Waals surface area contributed by atoms with Crippen LogP contribution in [0.15, 0.2) is 28.0 Å². The zero-order chi connectivity index (χ0) is 18.6. The number of likely N-dealkylation sites (N-methyl/N-ethyl adjacent to an activating group) is 1. The average molecular weight is 400 g/mol. The van der Waals surface area contributed by atoms with Crippen molar-refractivity contribution in [3.63, 3.8) is 0 Å². The van der Waals surface area contributed by atoms with E-state index in [1.165, 1.54) is 10.4 Å². The molecule has 0 bridgehead atoms. The highest BCUT2D eigenvalue weighted by Crippen LogP contribution is 2.39. The summed E-state index contributed by atoms with van der Waals surface area (Å²) in [6, 6.07) is 4.60. The summed E-state index contributed by atoms with van der Waals surface area (Å²) in [7, 11) is -5.42. The molecule has 0 unspecified atom stereocenters. The largest absolute Gasteiger partial charge is 0.304 e. The summed E-state index contributed by atoms with van der Waals surface area (Å²) in [6.07, 6.45) is 4.36. The highest BCUT2D eigenvalue weighted by atomic mass is 32.2. The van der Waals surface area contributed by atoms with Gasteiger partial charge in [0.1, 0.15) is 0 Å². The van der Waals surface area contributed by atoms with Gasteiger partial charge in [-0.3, -0.25) is 0 Å². The number of hydrogen-bond acceptors (Lipinski definition) is 5. The molecule has 0 amide bonds. The quantitative estimate of drug-likeness (QED) is 0.794. The molecule has 0 radical (unpaired) electrons. The maximum absolute atomic E-state index is 12.9. The van der Waals surface area contributed by atoms with E-state index in [2.05, 4.69) is 9.62 Å². The molecule has 2 aliphatic heterocycles. The molecule has 1 aromatic rings. The van der Waals surface area contributed by atoms with Crippen LogP contribution in [0.25, 0.3) is 0 Å². The summed E-state index contributed by atoms with van der Waals surface area (Å²) in [4.78, 5) is 2.26. The SMILES string of the molecule is CN1CCN(S(=O)(=O)c2ccc3c(c2)S(=O)(=O)NC2(CCCC2)C3)CC1. The lowest BCUT2D eigenvalue weighted by Gasteiger charge is -2.36. The predicted octanol–water partition coefficient (Wildman–Crippen LogP) is 0.770. The van der Waals surface area contributed by atoms with Gasteiger partial charge in [0.15, 0.2) is 0 Å². The van der Waals surface area contributed by atoms with Gasteiger partial charge in [-0.25, -0.2) is 21.6 Å². The molecule has 1 saturated heterocycles. The van der Waals surface area contributed by atoms with Crippen molar-refractivity contribution >= 4 is 20.0 Å². The Morgan fingerprint density at radius 2 is 1.73 bits per heavy atom. The smallest absolute Gasteiger partial charge is 0.243 e. The van der Waals surface area contributed by atoms with E-state index in [1.807, 2.05) is 7.05 Å². The number of fused-ring (bicyclic) bond motifs is 1. The minimum atomic E-state index is -3.70. The summed E-state index contributed by atoms with van der Waals surface area (Å²) in [5.41, 5.74) is 0.340. The second-order valence-corrected chi connectivity index (χ2v) is 11.3. The Hall–Kier alpha value is -1.00. The van der Waals surface area contributed by atoms with E-state index in [9.17, 15) is 16.8 Å². The van der Waals surface area contributed by atoms with Gasteiger partial charge in [0.2, 0.25) is 20.0 Å². The van der Waals surface area contributed by atoms with Crippen LogP contribution in [0.2, 0.25) is 0 Å². The lowest BCUT2D eigenvalue weighted by atomic mass is 9.90. The predicted molar refractivity (Wildman–Crippen MR) is 97.9 cm³/mol. The number of piperazine rings is 1. The first-order chi connectivity index (χ1) is 12.2. The summed E-state index contributed by atoms with van der Waals surface area (Å²) in [5, 5.41) is 0. The minimum Gasteiger partial charge on any atom is -0.304 e. The fourth-order valence-electron chi connectivity index (χ4n) is 4.34. The Labute approximate surface area is 155 Å². The first-order valence-corrected chi connectivity index (χ1v) is 12.0. The van der Waals surface area contributed by atoms with Crippen molar-refractivity contribution in [3.05, 3.63) is 23.8 Å². The van der Waals surface area contributed by atoms with Crippen LogP contribution in [0.4, 0.5) is 0 Å². The third-order valence-corrected chi connectivity index (χ3v) is 9.42. The molecule has 3 aliphatic rings. The maximum atomic E-state index is 12.9. The zero-order valence-electron chi connectivity index (χ0n) is 14.9. The number of nitrogens with zero attached hydrogens (tertiary/aromatic N) is 2. The van der Waals surface area contributed by atoms with Crippen LogP contribution in [0.3, 0.4) is 0 Å². The van der Waals surface area contributed by atoms with Gasteiger partial charge >= 0.3 is 0 Å². The molecule has 4 rings (SSSR count). The van der Waals surface area contributed by atoms with Crippen molar-refractivity contribution in [2.75, 3.05) is 33.2 Å². The molecule has 1 spiro atoms. The Bertz CT molecular complexity index is 913. The molecule has 1 aromatic carbocycles. The molecular formula is C17H25N3O4S2. The zero-order valence-corrected chi connectivity index (χ0v) is 16.6. The molecule has 0 aromatic heterocycles. The van der Waals surface area contributed by atoms with Crippen LogP contribution in [0.1, 0.15) is 31.2 Å². The lowest BCUT2D eigenvalue weighted by molar-refractivity contribution is 0.222. The van der Waals surface area contributed by atoms with E-state index in [4.69, 9.17) is 0 Å². The van der Waals surface area contributed by atoms with Gasteiger partial charge in [0, 0.05) is 31.7 Å². The number of sulfonamides is 2. The number of rotatable bonds is 2. The normalized spacial score (nSPS) is 26.0. The summed E-state index contributed by atoms with van der Waals surface area (Å²) < 4.78 is 55.8. The molecule has 144 valence electrons. The number of nitrogens with one attached hydrogen (secondary N) is 1. The molecule has 9 heteroatoms. The Morgan fingerprint density at radius 3 is 2.38 bits per heavy atom. The van der Waals surface area contributed by atoms with Crippen LogP contribution < -0.4 is 4.72 Å². The van der Waals surface area contributed by atoms with Crippen molar-refractivity contribution in [3.8, 4) is 0 Å². The molecule has 1 aliphatic carbocycles. The number of benzene rings is 1. The van der Waals surface area contributed by atoms with E-state index in [0.717, 1.165) is 31.2 Å². The highest BCUT2D eigenvalue weighted by molar-refractivity contribution is 7.90. The molecule has 26 heavy (non-hydrogen) atoms. The number of hydrogen-bond donors (Lipinski definition) is 1. The third kappa shape index (κ3) is 3.09. The molecular weight excluding hydrogens is 374 g/mol. The monoisotopic (exact) mass is 399 g/mol. The highest BCUT2D eigenvalue weighted by Gasteiger charge is 2.43. The van der Waals surface area contributed by atoms with Gasteiger partial charge in [-0.15, -0.1) is 0 Å². The Balaban J connectivity index is 1.69. The Kier molecular flexibility index (Phi) is 4.43. The van der Waals surface area contributed by atoms with Crippen molar-refractivity contribution in [2.24, 2.45) is 0 Å². The summed E-state index contributed by atoms with van der Waals surface area (Å²) in [6.45, 7) is 2.19. The van der Waals surface area contributed by atoms with Gasteiger partial charge in [0.05, 0.1) is 9.79 Å². The van der Waals surface area contributed by atoms with Crippen LogP contribution in [0, 0.1) is 0 Å². The molecule has 1 saturated carbocycles. The molecule has 1 N–H and O–H groups in total. The van der Waals surface area contributed by atoms with Gasteiger partial charge in [0.25, 0.3) is 0 Å². The third-order valence-electron chi connectivity index (χ3n) is 5.87. The van der Waals surface area contributed by atoms with Gasteiger partial charge in [-0.05, 0) is 44.0 Å². The van der Waals surface area contributed by atoms with Crippen molar-refractivity contribution in [2.45, 2.75) is 47.4 Å². The standard InChI is InChI=1S/C17H25N3O4S2/c1-19-8-10-20(11-9-19)26(23,24)15-5-4-14-13-17(6-2-3-7-17)18-25(21,22)16(14)12-15/h4-5,12,18H,2-3,6-11,13H2,1H3. The van der Waals surface area contributed by atoms with Crippen molar-refractivity contribution in [1.29, 1.82) is 0 Å². The fraction of sp³-hybridized carbons (Fsp3) is 0.647. The van der Waals surface area contributed by atoms with E-state index in [1.54, 1.807) is 12.1 Å². The van der Waals surface area contributed by atoms with Crippen molar-refractivity contribution < 1.29 is 16.8 Å². The second kappa shape index (κ2) is 6.27. The summed E-state index contributed by atoms with van der Waals surface area (Å²) in [5.74, 6) is 0. The van der Waals surface area contributed by atoms with Gasteiger partial charge in [-0.1, -0.05) is 18.9 Å². The van der Waals surface area contributed by atoms with E-state index < -0.39 is 20.0 Å². The van der Waals surface area contributed by atoms with E-state index in [0.29, 0.717) is 32.6 Å². The lowest BCUT2D eigenvalue weighted by Crippen LogP contribution is -2.51. The topological polar surface area (TPSA) is 86.8 Å². The first kappa shape index (κ1) is 18.4. The van der Waals surface area contributed by atoms with Crippen LogP contribution in [-0.4, -0.2) is 64.8 Å². The second-order valence-electron chi connectivity index (χ2n) is 7.75. The average Bonchev–Trinajstić information content (AvgIpc) is 3.01. The van der Waals surface area contributed by atoms with Crippen LogP contribution >= 0.6 is 0 Å². The Morgan fingerprint density at radius 1 is 1.08 bits per heavy atom.